The van der Waals surface area contributed by atoms with Gasteiger partial charge in [-0.2, -0.15) is 0 Å². The molecule has 162 valence electrons. The lowest BCUT2D eigenvalue weighted by molar-refractivity contribution is -0.139. The molecule has 2 aromatic carbocycles. The van der Waals surface area contributed by atoms with Crippen LogP contribution in [0.4, 0.5) is 4.39 Å². The Morgan fingerprint density at radius 2 is 1.80 bits per heavy atom. The lowest BCUT2D eigenvalue weighted by Gasteiger charge is -2.31. The number of thioether (sulfide) groups is 1. The minimum Gasteiger partial charge on any atom is -0.350 e. The third-order valence-electron chi connectivity index (χ3n) is 4.31. The van der Waals surface area contributed by atoms with Crippen molar-refractivity contribution in [3.8, 4) is 0 Å². The molecule has 0 fully saturated rings. The third kappa shape index (κ3) is 8.00. The van der Waals surface area contributed by atoms with Crippen molar-refractivity contribution in [2.75, 3.05) is 5.75 Å². The van der Waals surface area contributed by atoms with Gasteiger partial charge in [0.15, 0.2) is 0 Å². The summed E-state index contributed by atoms with van der Waals surface area (Å²) in [6, 6.07) is 12.8. The largest absolute Gasteiger partial charge is 0.350 e. The van der Waals surface area contributed by atoms with E-state index in [1.54, 1.807) is 36.1 Å². The van der Waals surface area contributed by atoms with Crippen molar-refractivity contribution in [2.45, 2.75) is 51.6 Å². The van der Waals surface area contributed by atoms with Crippen LogP contribution in [-0.2, 0) is 21.9 Å². The second-order valence-electron chi connectivity index (χ2n) is 8.19. The molecule has 0 aliphatic carbocycles. The molecule has 0 unspecified atom stereocenters. The zero-order valence-electron chi connectivity index (χ0n) is 17.7. The van der Waals surface area contributed by atoms with E-state index in [-0.39, 0.29) is 29.9 Å². The normalized spacial score (nSPS) is 12.3. The van der Waals surface area contributed by atoms with Crippen LogP contribution >= 0.6 is 23.4 Å². The topological polar surface area (TPSA) is 49.4 Å². The highest BCUT2D eigenvalue weighted by Gasteiger charge is 2.28. The van der Waals surface area contributed by atoms with E-state index in [0.29, 0.717) is 10.8 Å². The molecule has 30 heavy (non-hydrogen) atoms. The summed E-state index contributed by atoms with van der Waals surface area (Å²) in [6.07, 6.45) is 0. The number of halogens is 2. The SMILES string of the molecule is C[C@H](C(=O)NC(C)(C)C)N(Cc1cccc(Cl)c1)C(=O)CSCc1ccc(F)cc1. The predicted molar refractivity (Wildman–Crippen MR) is 122 cm³/mol. The fraction of sp³-hybridized carbons (Fsp3) is 0.391. The van der Waals surface area contributed by atoms with Crippen LogP contribution in [0, 0.1) is 5.82 Å². The van der Waals surface area contributed by atoms with Gasteiger partial charge in [-0.3, -0.25) is 9.59 Å². The first-order chi connectivity index (χ1) is 14.0. The van der Waals surface area contributed by atoms with Gasteiger partial charge in [0.2, 0.25) is 11.8 Å². The lowest BCUT2D eigenvalue weighted by Crippen LogP contribution is -2.52. The van der Waals surface area contributed by atoms with Crippen LogP contribution in [0.1, 0.15) is 38.8 Å². The third-order valence-corrected chi connectivity index (χ3v) is 5.54. The summed E-state index contributed by atoms with van der Waals surface area (Å²) in [5.74, 6) is 0.163. The predicted octanol–water partition coefficient (Wildman–Crippen LogP) is 5.04. The van der Waals surface area contributed by atoms with Gasteiger partial charge in [0.05, 0.1) is 5.75 Å². The van der Waals surface area contributed by atoms with Gasteiger partial charge in [-0.25, -0.2) is 4.39 Å². The molecule has 1 atom stereocenters. The number of carbonyl (C=O) groups excluding carboxylic acids is 2. The van der Waals surface area contributed by atoms with Crippen molar-refractivity contribution in [3.05, 3.63) is 70.5 Å². The minimum atomic E-state index is -0.637. The monoisotopic (exact) mass is 450 g/mol. The molecule has 0 bridgehead atoms. The first kappa shape index (κ1) is 24.2. The average molecular weight is 451 g/mol. The smallest absolute Gasteiger partial charge is 0.242 e. The Morgan fingerprint density at radius 3 is 2.40 bits per heavy atom. The van der Waals surface area contributed by atoms with E-state index in [2.05, 4.69) is 5.32 Å². The highest BCUT2D eigenvalue weighted by Crippen LogP contribution is 2.18. The van der Waals surface area contributed by atoms with Crippen LogP contribution in [-0.4, -0.2) is 34.0 Å². The van der Waals surface area contributed by atoms with Crippen molar-refractivity contribution in [3.63, 3.8) is 0 Å². The second kappa shape index (κ2) is 10.8. The molecule has 0 aliphatic rings. The molecule has 0 spiro atoms. The Labute approximate surface area is 187 Å². The van der Waals surface area contributed by atoms with Gasteiger partial charge >= 0.3 is 0 Å². The van der Waals surface area contributed by atoms with Crippen molar-refractivity contribution in [1.82, 2.24) is 10.2 Å². The molecule has 1 N–H and O–H groups in total. The molecule has 0 saturated heterocycles. The Morgan fingerprint density at radius 1 is 1.13 bits per heavy atom. The molecular formula is C23H28ClFN2O2S. The molecule has 0 aliphatic heterocycles. The van der Waals surface area contributed by atoms with Crippen molar-refractivity contribution >= 4 is 35.2 Å². The molecule has 2 aromatic rings. The van der Waals surface area contributed by atoms with E-state index < -0.39 is 11.6 Å². The molecule has 0 heterocycles. The van der Waals surface area contributed by atoms with Crippen LogP contribution in [0.2, 0.25) is 5.02 Å². The van der Waals surface area contributed by atoms with Gasteiger partial charge in [-0.15, -0.1) is 11.8 Å². The van der Waals surface area contributed by atoms with Crippen molar-refractivity contribution in [1.29, 1.82) is 0 Å². The number of benzene rings is 2. The Kier molecular flexibility index (Phi) is 8.74. The molecule has 0 saturated carbocycles. The Bertz CT molecular complexity index is 868. The summed E-state index contributed by atoms with van der Waals surface area (Å²) in [5, 5.41) is 3.52. The number of hydrogen-bond acceptors (Lipinski definition) is 3. The molecule has 7 heteroatoms. The maximum absolute atomic E-state index is 13.0. The van der Waals surface area contributed by atoms with E-state index in [1.165, 1.54) is 23.9 Å². The number of hydrogen-bond donors (Lipinski definition) is 1. The number of amides is 2. The first-order valence-corrected chi connectivity index (χ1v) is 11.3. The van der Waals surface area contributed by atoms with Crippen LogP contribution in [0.25, 0.3) is 0 Å². The van der Waals surface area contributed by atoms with Crippen LogP contribution in [0.15, 0.2) is 48.5 Å². The molecule has 0 radical (unpaired) electrons. The fourth-order valence-electron chi connectivity index (χ4n) is 2.81. The van der Waals surface area contributed by atoms with Crippen molar-refractivity contribution in [2.24, 2.45) is 0 Å². The summed E-state index contributed by atoms with van der Waals surface area (Å²) >= 11 is 7.52. The maximum Gasteiger partial charge on any atom is 0.242 e. The van der Waals surface area contributed by atoms with Gasteiger partial charge in [-0.1, -0.05) is 35.9 Å². The molecule has 4 nitrogen and oxygen atoms in total. The minimum absolute atomic E-state index is 0.140. The molecule has 0 aromatic heterocycles. The Balaban J connectivity index is 2.09. The second-order valence-corrected chi connectivity index (χ2v) is 9.61. The molecule has 2 rings (SSSR count). The average Bonchev–Trinajstić information content (AvgIpc) is 2.65. The standard InChI is InChI=1S/C23H28ClFN2O2S/c1-16(22(29)26-23(2,3)4)27(13-18-6-5-7-19(24)12-18)21(28)15-30-14-17-8-10-20(25)11-9-17/h5-12,16H,13-15H2,1-4H3,(H,26,29)/t16-/m1/s1. The van der Waals surface area contributed by atoms with Gasteiger partial charge in [0, 0.05) is 22.9 Å². The quantitative estimate of drug-likeness (QED) is 0.612. The number of nitrogens with one attached hydrogen (secondary N) is 1. The van der Waals surface area contributed by atoms with E-state index in [9.17, 15) is 14.0 Å². The Hall–Kier alpha value is -2.05. The first-order valence-electron chi connectivity index (χ1n) is 9.73. The summed E-state index contributed by atoms with van der Waals surface area (Å²) in [5.41, 5.74) is 1.40. The van der Waals surface area contributed by atoms with Gasteiger partial charge < -0.3 is 10.2 Å². The number of carbonyl (C=O) groups is 2. The van der Waals surface area contributed by atoms with Crippen LogP contribution in [0.3, 0.4) is 0 Å². The van der Waals surface area contributed by atoms with Gasteiger partial charge in [-0.05, 0) is 63.1 Å². The fourth-order valence-corrected chi connectivity index (χ4v) is 3.89. The maximum atomic E-state index is 13.0. The molecule has 2 amide bonds. The van der Waals surface area contributed by atoms with Crippen LogP contribution < -0.4 is 5.32 Å². The number of rotatable bonds is 8. The van der Waals surface area contributed by atoms with E-state index >= 15 is 0 Å². The van der Waals surface area contributed by atoms with Gasteiger partial charge in [0.25, 0.3) is 0 Å². The van der Waals surface area contributed by atoms with Crippen molar-refractivity contribution < 1.29 is 14.0 Å². The summed E-state index contributed by atoms with van der Waals surface area (Å²) in [6.45, 7) is 7.72. The highest BCUT2D eigenvalue weighted by molar-refractivity contribution is 7.99. The zero-order chi connectivity index (χ0) is 22.3. The highest BCUT2D eigenvalue weighted by atomic mass is 35.5. The molecular weight excluding hydrogens is 423 g/mol. The van der Waals surface area contributed by atoms with Crippen LogP contribution in [0.5, 0.6) is 0 Å². The van der Waals surface area contributed by atoms with E-state index in [4.69, 9.17) is 11.6 Å². The van der Waals surface area contributed by atoms with Gasteiger partial charge in [0.1, 0.15) is 11.9 Å². The summed E-state index contributed by atoms with van der Waals surface area (Å²) < 4.78 is 13.0. The van der Waals surface area contributed by atoms with E-state index in [0.717, 1.165) is 11.1 Å². The summed E-state index contributed by atoms with van der Waals surface area (Å²) in [4.78, 5) is 27.3. The lowest BCUT2D eigenvalue weighted by atomic mass is 10.1. The summed E-state index contributed by atoms with van der Waals surface area (Å²) in [7, 11) is 0. The zero-order valence-corrected chi connectivity index (χ0v) is 19.3. The van der Waals surface area contributed by atoms with E-state index in [1.807, 2.05) is 32.9 Å². The number of nitrogens with zero attached hydrogens (tertiary/aromatic N) is 1.